The van der Waals surface area contributed by atoms with Gasteiger partial charge in [0.15, 0.2) is 0 Å². The van der Waals surface area contributed by atoms with E-state index in [0.29, 0.717) is 12.1 Å². The molecule has 1 N–H and O–H groups in total. The first-order valence-electron chi connectivity index (χ1n) is 8.86. The van der Waals surface area contributed by atoms with Gasteiger partial charge in [0, 0.05) is 24.2 Å². The van der Waals surface area contributed by atoms with E-state index in [0.717, 1.165) is 48.7 Å². The smallest absolute Gasteiger partial charge is 0.255 e. The number of rotatable bonds is 3. The Hall–Kier alpha value is -1.87. The zero-order valence-corrected chi connectivity index (χ0v) is 13.5. The van der Waals surface area contributed by atoms with Crippen molar-refractivity contribution in [2.24, 2.45) is 0 Å². The van der Waals surface area contributed by atoms with Crippen molar-refractivity contribution in [3.63, 3.8) is 0 Å². The molecular weight excluding hydrogens is 284 g/mol. The van der Waals surface area contributed by atoms with Crippen LogP contribution in [-0.4, -0.2) is 36.0 Å². The molecule has 1 amide bonds. The summed E-state index contributed by atoms with van der Waals surface area (Å²) < 4.78 is 0. The minimum Gasteiger partial charge on any atom is -0.331 e. The highest BCUT2D eigenvalue weighted by Gasteiger charge is 2.34. The zero-order valence-electron chi connectivity index (χ0n) is 13.5. The van der Waals surface area contributed by atoms with Gasteiger partial charge in [-0.2, -0.15) is 0 Å². The lowest BCUT2D eigenvalue weighted by Crippen LogP contribution is -2.47. The van der Waals surface area contributed by atoms with Gasteiger partial charge in [-0.15, -0.1) is 0 Å². The summed E-state index contributed by atoms with van der Waals surface area (Å²) in [5.41, 5.74) is 0.863. The van der Waals surface area contributed by atoms with Crippen LogP contribution in [0.15, 0.2) is 42.5 Å². The van der Waals surface area contributed by atoms with E-state index in [2.05, 4.69) is 28.4 Å². The Kier molecular flexibility index (Phi) is 4.04. The van der Waals surface area contributed by atoms with Crippen LogP contribution in [-0.2, 0) is 0 Å². The summed E-state index contributed by atoms with van der Waals surface area (Å²) in [4.78, 5) is 15.6. The second-order valence-electron chi connectivity index (χ2n) is 6.82. The Morgan fingerprint density at radius 1 is 0.957 bits per heavy atom. The van der Waals surface area contributed by atoms with Crippen molar-refractivity contribution in [2.75, 3.05) is 13.1 Å². The lowest BCUT2D eigenvalue weighted by Gasteiger charge is -2.34. The van der Waals surface area contributed by atoms with Gasteiger partial charge >= 0.3 is 0 Å². The highest BCUT2D eigenvalue weighted by atomic mass is 16.2. The molecule has 0 bridgehead atoms. The van der Waals surface area contributed by atoms with Gasteiger partial charge < -0.3 is 10.2 Å². The van der Waals surface area contributed by atoms with E-state index in [1.807, 2.05) is 24.3 Å². The van der Waals surface area contributed by atoms with Gasteiger partial charge in [-0.1, -0.05) is 49.2 Å². The average Bonchev–Trinajstić information content (AvgIpc) is 3.29. The van der Waals surface area contributed by atoms with Crippen LogP contribution in [0.5, 0.6) is 0 Å². The Balaban J connectivity index is 1.73. The van der Waals surface area contributed by atoms with Gasteiger partial charge in [0.1, 0.15) is 0 Å². The number of carbonyl (C=O) groups is 1. The maximum absolute atomic E-state index is 13.4. The van der Waals surface area contributed by atoms with Crippen LogP contribution in [0.3, 0.4) is 0 Å². The number of hydrogen-bond acceptors (Lipinski definition) is 2. The maximum atomic E-state index is 13.4. The number of hydrogen-bond donors (Lipinski definition) is 1. The predicted molar refractivity (Wildman–Crippen MR) is 93.6 cm³/mol. The van der Waals surface area contributed by atoms with E-state index in [9.17, 15) is 4.79 Å². The van der Waals surface area contributed by atoms with Gasteiger partial charge in [0.2, 0.25) is 0 Å². The van der Waals surface area contributed by atoms with Crippen molar-refractivity contribution in [3.8, 4) is 0 Å². The minimum absolute atomic E-state index is 0.224. The predicted octanol–water partition coefficient (Wildman–Crippen LogP) is 3.59. The molecule has 120 valence electrons. The van der Waals surface area contributed by atoms with Crippen LogP contribution in [0.2, 0.25) is 0 Å². The number of nitrogens with zero attached hydrogens (tertiary/aromatic N) is 1. The molecule has 2 fully saturated rings. The largest absolute Gasteiger partial charge is 0.331 e. The van der Waals surface area contributed by atoms with E-state index in [4.69, 9.17) is 0 Å². The summed E-state index contributed by atoms with van der Waals surface area (Å²) in [5.74, 6) is 0.224. The molecule has 23 heavy (non-hydrogen) atoms. The van der Waals surface area contributed by atoms with E-state index < -0.39 is 0 Å². The minimum atomic E-state index is 0.224. The SMILES string of the molecule is O=C(c1cccc2ccccc12)N(C1CCCC1)C1CCNC1. The average molecular weight is 308 g/mol. The first-order valence-corrected chi connectivity index (χ1v) is 8.86. The fourth-order valence-corrected chi connectivity index (χ4v) is 4.24. The van der Waals surface area contributed by atoms with E-state index >= 15 is 0 Å². The van der Waals surface area contributed by atoms with Crippen LogP contribution in [0, 0.1) is 0 Å². The Morgan fingerprint density at radius 2 is 1.74 bits per heavy atom. The first-order chi connectivity index (χ1) is 11.3. The number of nitrogens with one attached hydrogen (secondary N) is 1. The Bertz CT molecular complexity index is 678. The molecule has 3 nitrogen and oxygen atoms in total. The fourth-order valence-electron chi connectivity index (χ4n) is 4.24. The summed E-state index contributed by atoms with van der Waals surface area (Å²) in [6, 6.07) is 15.1. The molecule has 0 radical (unpaired) electrons. The highest BCUT2D eigenvalue weighted by molar-refractivity contribution is 6.07. The second kappa shape index (κ2) is 6.32. The molecule has 2 aromatic rings. The number of benzene rings is 2. The van der Waals surface area contributed by atoms with Gasteiger partial charge in [-0.05, 0) is 42.6 Å². The van der Waals surface area contributed by atoms with Crippen LogP contribution in [0.1, 0.15) is 42.5 Å². The molecule has 1 unspecified atom stereocenters. The van der Waals surface area contributed by atoms with E-state index in [1.54, 1.807) is 0 Å². The molecule has 4 rings (SSSR count). The van der Waals surface area contributed by atoms with Gasteiger partial charge in [-0.3, -0.25) is 4.79 Å². The lowest BCUT2D eigenvalue weighted by atomic mass is 10.0. The number of amides is 1. The summed E-state index contributed by atoms with van der Waals surface area (Å²) in [6.45, 7) is 1.96. The topological polar surface area (TPSA) is 32.3 Å². The van der Waals surface area contributed by atoms with Crippen molar-refractivity contribution in [1.29, 1.82) is 0 Å². The quantitative estimate of drug-likeness (QED) is 0.940. The highest BCUT2D eigenvalue weighted by Crippen LogP contribution is 2.30. The molecule has 3 heteroatoms. The maximum Gasteiger partial charge on any atom is 0.255 e. The first kappa shape index (κ1) is 14.7. The van der Waals surface area contributed by atoms with Gasteiger partial charge in [0.05, 0.1) is 0 Å². The van der Waals surface area contributed by atoms with Crippen LogP contribution < -0.4 is 5.32 Å². The lowest BCUT2D eigenvalue weighted by molar-refractivity contribution is 0.0597. The second-order valence-corrected chi connectivity index (χ2v) is 6.82. The molecule has 1 aliphatic heterocycles. The zero-order chi connectivity index (χ0) is 15.6. The van der Waals surface area contributed by atoms with E-state index in [-0.39, 0.29) is 5.91 Å². The third kappa shape index (κ3) is 2.74. The van der Waals surface area contributed by atoms with Crippen molar-refractivity contribution in [3.05, 3.63) is 48.0 Å². The molecule has 1 atom stereocenters. The van der Waals surface area contributed by atoms with Crippen LogP contribution in [0.25, 0.3) is 10.8 Å². The molecule has 1 heterocycles. The summed E-state index contributed by atoms with van der Waals surface area (Å²) >= 11 is 0. The Morgan fingerprint density at radius 3 is 2.52 bits per heavy atom. The molecule has 1 aliphatic carbocycles. The third-order valence-electron chi connectivity index (χ3n) is 5.40. The third-order valence-corrected chi connectivity index (χ3v) is 5.40. The molecule has 1 saturated carbocycles. The van der Waals surface area contributed by atoms with Gasteiger partial charge in [-0.25, -0.2) is 0 Å². The normalized spacial score (nSPS) is 21.8. The monoisotopic (exact) mass is 308 g/mol. The van der Waals surface area contributed by atoms with Gasteiger partial charge in [0.25, 0.3) is 5.91 Å². The van der Waals surface area contributed by atoms with Crippen LogP contribution >= 0.6 is 0 Å². The Labute approximate surface area is 137 Å². The summed E-state index contributed by atoms with van der Waals surface area (Å²) in [7, 11) is 0. The molecule has 0 aromatic heterocycles. The standard InChI is InChI=1S/C20H24N2O/c23-20(19-11-5-7-15-6-1-4-10-18(15)19)22(16-8-2-3-9-16)17-12-13-21-14-17/h1,4-7,10-11,16-17,21H,2-3,8-9,12-14H2. The summed E-state index contributed by atoms with van der Waals surface area (Å²) in [6.07, 6.45) is 5.90. The molecular formula is C20H24N2O. The summed E-state index contributed by atoms with van der Waals surface area (Å²) in [5, 5.41) is 5.65. The van der Waals surface area contributed by atoms with Crippen LogP contribution in [0.4, 0.5) is 0 Å². The van der Waals surface area contributed by atoms with Crippen molar-refractivity contribution < 1.29 is 4.79 Å². The molecule has 2 aromatic carbocycles. The van der Waals surface area contributed by atoms with Crippen molar-refractivity contribution >= 4 is 16.7 Å². The number of fused-ring (bicyclic) bond motifs is 1. The number of carbonyl (C=O) groups excluding carboxylic acids is 1. The van der Waals surface area contributed by atoms with Crippen molar-refractivity contribution in [1.82, 2.24) is 10.2 Å². The molecule has 2 aliphatic rings. The van der Waals surface area contributed by atoms with Crippen molar-refractivity contribution in [2.45, 2.75) is 44.2 Å². The molecule has 0 spiro atoms. The van der Waals surface area contributed by atoms with E-state index in [1.165, 1.54) is 12.8 Å². The fraction of sp³-hybridized carbons (Fsp3) is 0.450. The molecule has 1 saturated heterocycles.